The molecule has 0 rings (SSSR count). The Balaban J connectivity index is 3.08. The van der Waals surface area contributed by atoms with E-state index < -0.39 is 0 Å². The quantitative estimate of drug-likeness (QED) is 0.0630. The Morgan fingerprint density at radius 2 is 0.227 bits per heavy atom. The molecule has 0 aromatic rings. The van der Waals surface area contributed by atoms with Crippen LogP contribution in [-0.4, -0.2) is 316 Å². The Morgan fingerprint density at radius 1 is 0.125 bits per heavy atom. The van der Waals surface area contributed by atoms with Crippen molar-refractivity contribution in [2.75, 3.05) is 311 Å². The van der Waals surface area contributed by atoms with E-state index in [1.807, 2.05) is 0 Å². The van der Waals surface area contributed by atoms with Crippen LogP contribution in [0.2, 0.25) is 0 Å². The summed E-state index contributed by atoms with van der Waals surface area (Å²) < 4.78 is 127. The van der Waals surface area contributed by atoms with E-state index >= 15 is 0 Å². The highest BCUT2D eigenvalue weighted by Gasteiger charge is 2.02. The average Bonchev–Trinajstić information content (AvgIpc) is 3.54. The summed E-state index contributed by atoms with van der Waals surface area (Å²) in [6.07, 6.45) is 22.1. The molecule has 0 radical (unpaired) electrons. The van der Waals surface area contributed by atoms with Crippen LogP contribution in [0.5, 0.6) is 0 Å². The number of aliphatic hydroxyl groups excluding tert-OH is 1. The summed E-state index contributed by atoms with van der Waals surface area (Å²) in [5.41, 5.74) is 0. The summed E-state index contributed by atoms with van der Waals surface area (Å²) in [5, 5.41) is 8.62. The second-order valence-electron chi connectivity index (χ2n) is 20.1. The van der Waals surface area contributed by atoms with Gasteiger partial charge in [0.1, 0.15) is 0 Å². The lowest BCUT2D eigenvalue weighted by molar-refractivity contribution is -0.0319. The minimum absolute atomic E-state index is 0.0188. The molecule has 0 fully saturated rings. The highest BCUT2D eigenvalue weighted by Crippen LogP contribution is 2.14. The maximum atomic E-state index is 8.62. The highest BCUT2D eigenvalue weighted by atomic mass is 16.6. The second-order valence-corrected chi connectivity index (χ2v) is 20.1. The summed E-state index contributed by atoms with van der Waals surface area (Å²) in [6, 6.07) is 0. The van der Waals surface area contributed by atoms with Gasteiger partial charge in [0.25, 0.3) is 0 Å². The van der Waals surface area contributed by atoms with Gasteiger partial charge < -0.3 is 114 Å². The lowest BCUT2D eigenvalue weighted by Gasteiger charge is -2.09. The van der Waals surface area contributed by atoms with Crippen LogP contribution < -0.4 is 0 Å². The summed E-state index contributed by atoms with van der Waals surface area (Å²) in [5.74, 6) is 0. The van der Waals surface area contributed by atoms with Crippen molar-refractivity contribution in [1.29, 1.82) is 0 Å². The van der Waals surface area contributed by atoms with E-state index in [4.69, 9.17) is 114 Å². The molecule has 0 saturated carbocycles. The molecule has 0 spiro atoms. The molecule has 0 saturated heterocycles. The second kappa shape index (κ2) is 86.0. The van der Waals surface area contributed by atoms with Crippen molar-refractivity contribution in [3.63, 3.8) is 0 Å². The number of hydrogen-bond acceptors (Lipinski definition) is 24. The molecule has 530 valence electrons. The van der Waals surface area contributed by atoms with Gasteiger partial charge in [-0.15, -0.1) is 0 Å². The molecule has 0 amide bonds. The Labute approximate surface area is 532 Å². The standard InChI is InChI=1S/C64H130O24/c1-2-3-4-5-6-7-8-9-10-11-12-13-14-15-16-17-19-66-21-23-68-25-27-70-29-31-72-33-35-74-37-39-76-41-43-78-45-47-80-49-51-82-53-55-84-57-59-86-61-63-88-64-62-87-60-58-85-56-54-83-52-50-81-48-46-79-44-42-77-40-38-75-36-34-73-32-30-71-28-26-69-24-22-67-20-18-65/h65H,2-64H2,1H3. The summed E-state index contributed by atoms with van der Waals surface area (Å²) >= 11 is 0. The molecule has 0 aliphatic carbocycles. The van der Waals surface area contributed by atoms with Gasteiger partial charge in [-0.05, 0) is 6.42 Å². The maximum absolute atomic E-state index is 8.62. The first-order chi connectivity index (χ1) is 43.9. The van der Waals surface area contributed by atoms with Gasteiger partial charge >= 0.3 is 0 Å². The van der Waals surface area contributed by atoms with Gasteiger partial charge in [-0.1, -0.05) is 103 Å². The smallest absolute Gasteiger partial charge is 0.0701 e. The van der Waals surface area contributed by atoms with Gasteiger partial charge in [0.15, 0.2) is 0 Å². The predicted octanol–water partition coefficient (Wildman–Crippen LogP) is 6.62. The Morgan fingerprint density at radius 3 is 0.352 bits per heavy atom. The van der Waals surface area contributed by atoms with Crippen molar-refractivity contribution in [3.8, 4) is 0 Å². The molecule has 0 aliphatic heterocycles. The van der Waals surface area contributed by atoms with Crippen molar-refractivity contribution >= 4 is 0 Å². The Hall–Kier alpha value is -0.960. The molecule has 0 aliphatic rings. The normalized spacial score (nSPS) is 11.8. The number of aliphatic hydroxyl groups is 1. The van der Waals surface area contributed by atoms with Crippen molar-refractivity contribution in [3.05, 3.63) is 0 Å². The van der Waals surface area contributed by atoms with Crippen LogP contribution in [0.4, 0.5) is 0 Å². The van der Waals surface area contributed by atoms with Crippen molar-refractivity contribution in [2.45, 2.75) is 110 Å². The van der Waals surface area contributed by atoms with E-state index in [-0.39, 0.29) is 6.61 Å². The lowest BCUT2D eigenvalue weighted by Crippen LogP contribution is -2.16. The first-order valence-corrected chi connectivity index (χ1v) is 33.8. The fourth-order valence-corrected chi connectivity index (χ4v) is 7.76. The molecule has 0 atom stereocenters. The zero-order chi connectivity index (χ0) is 62.8. The zero-order valence-electron chi connectivity index (χ0n) is 55.4. The molecular weight excluding hydrogens is 1150 g/mol. The average molecular weight is 1280 g/mol. The van der Waals surface area contributed by atoms with Crippen LogP contribution in [0.15, 0.2) is 0 Å². The summed E-state index contributed by atoms with van der Waals surface area (Å²) in [6.45, 7) is 25.6. The Bertz CT molecular complexity index is 1090. The van der Waals surface area contributed by atoms with Gasteiger partial charge in [-0.25, -0.2) is 0 Å². The first kappa shape index (κ1) is 87.0. The third kappa shape index (κ3) is 85.0. The van der Waals surface area contributed by atoms with Gasteiger partial charge in [0.2, 0.25) is 0 Å². The number of rotatable bonds is 85. The molecule has 0 heterocycles. The monoisotopic (exact) mass is 1280 g/mol. The van der Waals surface area contributed by atoms with Crippen LogP contribution in [0.25, 0.3) is 0 Å². The first-order valence-electron chi connectivity index (χ1n) is 33.8. The van der Waals surface area contributed by atoms with Gasteiger partial charge in [0.05, 0.1) is 304 Å². The fraction of sp³-hybridized carbons (Fsp3) is 1.00. The van der Waals surface area contributed by atoms with Crippen molar-refractivity contribution in [2.24, 2.45) is 0 Å². The fourth-order valence-electron chi connectivity index (χ4n) is 7.76. The van der Waals surface area contributed by atoms with Crippen molar-refractivity contribution < 1.29 is 114 Å². The Kier molecular flexibility index (Phi) is 85.1. The third-order valence-electron chi connectivity index (χ3n) is 12.6. The topological polar surface area (TPSA) is 233 Å². The molecule has 88 heavy (non-hydrogen) atoms. The maximum Gasteiger partial charge on any atom is 0.0701 e. The third-order valence-corrected chi connectivity index (χ3v) is 12.6. The van der Waals surface area contributed by atoms with Gasteiger partial charge in [-0.3, -0.25) is 0 Å². The van der Waals surface area contributed by atoms with E-state index in [9.17, 15) is 0 Å². The number of ether oxygens (including phenoxy) is 23. The molecule has 0 unspecified atom stereocenters. The number of unbranched alkanes of at least 4 members (excludes halogenated alkanes) is 15. The van der Waals surface area contributed by atoms with Crippen molar-refractivity contribution in [1.82, 2.24) is 0 Å². The van der Waals surface area contributed by atoms with Gasteiger partial charge in [-0.2, -0.15) is 0 Å². The minimum Gasteiger partial charge on any atom is -0.394 e. The number of hydrogen-bond donors (Lipinski definition) is 1. The molecule has 1 N–H and O–H groups in total. The predicted molar refractivity (Wildman–Crippen MR) is 335 cm³/mol. The zero-order valence-corrected chi connectivity index (χ0v) is 55.4. The van der Waals surface area contributed by atoms with Crippen LogP contribution >= 0.6 is 0 Å². The highest BCUT2D eigenvalue weighted by molar-refractivity contribution is 4.51. The van der Waals surface area contributed by atoms with E-state index in [2.05, 4.69) is 6.92 Å². The molecule has 24 heteroatoms. The van der Waals surface area contributed by atoms with E-state index in [0.29, 0.717) is 297 Å². The van der Waals surface area contributed by atoms with Crippen LogP contribution in [0.3, 0.4) is 0 Å². The summed E-state index contributed by atoms with van der Waals surface area (Å²) in [4.78, 5) is 0. The van der Waals surface area contributed by atoms with Gasteiger partial charge in [0, 0.05) is 6.61 Å². The lowest BCUT2D eigenvalue weighted by atomic mass is 10.0. The van der Waals surface area contributed by atoms with E-state index in [1.54, 1.807) is 0 Å². The van der Waals surface area contributed by atoms with E-state index in [1.165, 1.54) is 96.3 Å². The largest absolute Gasteiger partial charge is 0.394 e. The SMILES string of the molecule is CCCCCCCCCCCCCCCCCCOCCOCCOCCOCCOCCOCCOCCOCCOCCOCCOCCOCCOCCOCCOCCOCCOCCOCCOCCOCCOCCOCCOCCO. The molecule has 0 aromatic heterocycles. The van der Waals surface area contributed by atoms with Crippen LogP contribution in [0.1, 0.15) is 110 Å². The van der Waals surface area contributed by atoms with E-state index in [0.717, 1.165) is 13.0 Å². The summed E-state index contributed by atoms with van der Waals surface area (Å²) in [7, 11) is 0. The van der Waals surface area contributed by atoms with Crippen LogP contribution in [-0.2, 0) is 109 Å². The molecular formula is C64H130O24. The molecule has 0 bridgehead atoms. The van der Waals surface area contributed by atoms with Crippen LogP contribution in [0, 0.1) is 0 Å². The minimum atomic E-state index is 0.0188. The molecule has 0 aromatic carbocycles. The molecule has 24 nitrogen and oxygen atoms in total.